The van der Waals surface area contributed by atoms with E-state index in [0.29, 0.717) is 5.82 Å². The summed E-state index contributed by atoms with van der Waals surface area (Å²) in [4.78, 5) is 10.2. The molecule has 0 atom stereocenters. The molecule has 0 saturated carbocycles. The Morgan fingerprint density at radius 1 is 0.278 bits per heavy atom. The molecule has 5 heteroatoms. The summed E-state index contributed by atoms with van der Waals surface area (Å²) in [7, 11) is 0. The monoisotopic (exact) mass is 921 g/mol. The van der Waals surface area contributed by atoms with Gasteiger partial charge in [-0.15, -0.1) is 0 Å². The van der Waals surface area contributed by atoms with Gasteiger partial charge < -0.3 is 13.7 Å². The maximum Gasteiger partial charge on any atom is 0.160 e. The Bertz CT molecular complexity index is 4220. The molecule has 72 heavy (non-hydrogen) atoms. The van der Waals surface area contributed by atoms with Crippen molar-refractivity contribution in [3.63, 3.8) is 0 Å². The summed E-state index contributed by atoms with van der Waals surface area (Å²) in [5.41, 5.74) is 21.4. The number of nitrogens with zero attached hydrogens (tertiary/aromatic N) is 5. The number of aryl methyl sites for hydroxylation is 3. The Hall–Kier alpha value is -9.32. The Balaban J connectivity index is 0.905. The van der Waals surface area contributed by atoms with Gasteiger partial charge in [-0.2, -0.15) is 0 Å². The van der Waals surface area contributed by atoms with Crippen LogP contribution in [-0.2, 0) is 0 Å². The lowest BCUT2D eigenvalue weighted by Gasteiger charge is -2.13. The van der Waals surface area contributed by atoms with Crippen molar-refractivity contribution < 1.29 is 0 Å². The van der Waals surface area contributed by atoms with E-state index in [2.05, 4.69) is 241 Å². The fourth-order valence-electron chi connectivity index (χ4n) is 11.3. The third kappa shape index (κ3) is 6.69. The highest BCUT2D eigenvalue weighted by Crippen LogP contribution is 2.41. The molecule has 0 bridgehead atoms. The predicted octanol–water partition coefficient (Wildman–Crippen LogP) is 17.4. The summed E-state index contributed by atoms with van der Waals surface area (Å²) in [6.07, 6.45) is 0. The fourth-order valence-corrected chi connectivity index (χ4v) is 11.3. The number of hydrogen-bond acceptors (Lipinski definition) is 2. The van der Waals surface area contributed by atoms with E-state index in [1.54, 1.807) is 0 Å². The summed E-state index contributed by atoms with van der Waals surface area (Å²) in [5.74, 6) is 0.715. The second-order valence-electron chi connectivity index (χ2n) is 19.3. The first kappa shape index (κ1) is 41.6. The Labute approximate surface area is 417 Å². The zero-order chi connectivity index (χ0) is 48.0. The van der Waals surface area contributed by atoms with Gasteiger partial charge in [0.05, 0.1) is 44.5 Å². The summed E-state index contributed by atoms with van der Waals surface area (Å²) < 4.78 is 7.30. The smallest absolute Gasteiger partial charge is 0.160 e. The average molecular weight is 922 g/mol. The summed E-state index contributed by atoms with van der Waals surface area (Å²) in [6, 6.07) is 83.7. The van der Waals surface area contributed by atoms with Gasteiger partial charge in [-0.25, -0.2) is 9.97 Å². The largest absolute Gasteiger partial charge is 0.309 e. The molecule has 0 unspecified atom stereocenters. The number of hydrogen-bond donors (Lipinski definition) is 0. The minimum Gasteiger partial charge on any atom is -0.309 e. The van der Waals surface area contributed by atoms with Crippen molar-refractivity contribution in [2.24, 2.45) is 0 Å². The summed E-state index contributed by atoms with van der Waals surface area (Å²) in [6.45, 7) is 6.53. The maximum atomic E-state index is 5.13. The quantitative estimate of drug-likeness (QED) is 0.160. The van der Waals surface area contributed by atoms with Crippen LogP contribution in [0.1, 0.15) is 16.7 Å². The van der Waals surface area contributed by atoms with Crippen LogP contribution in [0.3, 0.4) is 0 Å². The van der Waals surface area contributed by atoms with E-state index >= 15 is 0 Å². The van der Waals surface area contributed by atoms with Gasteiger partial charge in [0.1, 0.15) is 0 Å². The predicted molar refractivity (Wildman–Crippen MR) is 301 cm³/mol. The molecule has 0 aliphatic heterocycles. The SMILES string of the molecule is Cc1ccc2c(c1)c1ccccc1n2-c1ccc2c(c1)c1cc(-n3c4ccccc4c4cc(C)ccc43)ccc1n2-c1ccc(-c2ccc(-c3cc(-c4ccccc4)nc(-c4ccccc4)n3)c(C)c2)cc1. The van der Waals surface area contributed by atoms with Gasteiger partial charge in [-0.1, -0.05) is 151 Å². The van der Waals surface area contributed by atoms with Gasteiger partial charge in [-0.05, 0) is 128 Å². The minimum absolute atomic E-state index is 0.715. The molecule has 4 aromatic heterocycles. The van der Waals surface area contributed by atoms with E-state index in [1.807, 2.05) is 24.3 Å². The van der Waals surface area contributed by atoms with E-state index in [9.17, 15) is 0 Å². The molecule has 0 spiro atoms. The highest BCUT2D eigenvalue weighted by atomic mass is 15.0. The number of para-hydroxylation sites is 2. The number of fused-ring (bicyclic) bond motifs is 9. The molecular formula is C67H47N5. The van der Waals surface area contributed by atoms with Crippen molar-refractivity contribution in [3.8, 4) is 62.1 Å². The Kier molecular flexibility index (Phi) is 9.48. The van der Waals surface area contributed by atoms with Gasteiger partial charge >= 0.3 is 0 Å². The average Bonchev–Trinajstić information content (AvgIpc) is 4.05. The summed E-state index contributed by atoms with van der Waals surface area (Å²) in [5, 5.41) is 7.46. The highest BCUT2D eigenvalue weighted by molar-refractivity contribution is 6.14. The lowest BCUT2D eigenvalue weighted by Crippen LogP contribution is -1.97. The molecule has 10 aromatic carbocycles. The van der Waals surface area contributed by atoms with Crippen molar-refractivity contribution in [2.45, 2.75) is 20.8 Å². The first-order valence-electron chi connectivity index (χ1n) is 24.7. The molecule has 340 valence electrons. The fraction of sp³-hybridized carbons (Fsp3) is 0.0448. The van der Waals surface area contributed by atoms with Crippen molar-refractivity contribution in [3.05, 3.63) is 247 Å². The topological polar surface area (TPSA) is 40.6 Å². The van der Waals surface area contributed by atoms with Crippen LogP contribution in [0, 0.1) is 20.8 Å². The molecule has 14 aromatic rings. The summed E-state index contributed by atoms with van der Waals surface area (Å²) >= 11 is 0. The zero-order valence-corrected chi connectivity index (χ0v) is 40.2. The van der Waals surface area contributed by atoms with Crippen molar-refractivity contribution in [1.29, 1.82) is 0 Å². The van der Waals surface area contributed by atoms with E-state index in [1.165, 1.54) is 65.5 Å². The molecule has 0 fully saturated rings. The normalized spacial score (nSPS) is 11.8. The number of aromatic nitrogens is 5. The number of benzene rings is 10. The van der Waals surface area contributed by atoms with Gasteiger partial charge in [0.15, 0.2) is 5.82 Å². The van der Waals surface area contributed by atoms with Gasteiger partial charge in [0, 0.05) is 66.1 Å². The first-order chi connectivity index (χ1) is 35.4. The Morgan fingerprint density at radius 3 is 1.26 bits per heavy atom. The second kappa shape index (κ2) is 16.4. The van der Waals surface area contributed by atoms with Crippen LogP contribution < -0.4 is 0 Å². The van der Waals surface area contributed by atoms with E-state index in [4.69, 9.17) is 9.97 Å². The molecule has 14 rings (SSSR count). The van der Waals surface area contributed by atoms with Crippen molar-refractivity contribution >= 4 is 65.4 Å². The minimum atomic E-state index is 0.715. The van der Waals surface area contributed by atoms with Crippen LogP contribution in [-0.4, -0.2) is 23.7 Å². The maximum absolute atomic E-state index is 5.13. The molecule has 0 aliphatic carbocycles. The lowest BCUT2D eigenvalue weighted by atomic mass is 9.97. The molecular weight excluding hydrogens is 875 g/mol. The third-order valence-electron chi connectivity index (χ3n) is 14.7. The van der Waals surface area contributed by atoms with Crippen molar-refractivity contribution in [2.75, 3.05) is 0 Å². The van der Waals surface area contributed by atoms with Crippen LogP contribution in [0.15, 0.2) is 231 Å². The second-order valence-corrected chi connectivity index (χ2v) is 19.3. The zero-order valence-electron chi connectivity index (χ0n) is 40.2. The molecule has 4 heterocycles. The Morgan fingerprint density at radius 2 is 0.708 bits per heavy atom. The van der Waals surface area contributed by atoms with Gasteiger partial charge in [0.2, 0.25) is 0 Å². The van der Waals surface area contributed by atoms with Gasteiger partial charge in [0.25, 0.3) is 0 Å². The van der Waals surface area contributed by atoms with Crippen LogP contribution in [0.4, 0.5) is 0 Å². The molecule has 0 saturated heterocycles. The molecule has 5 nitrogen and oxygen atoms in total. The van der Waals surface area contributed by atoms with E-state index in [0.717, 1.165) is 72.9 Å². The first-order valence-corrected chi connectivity index (χ1v) is 24.7. The van der Waals surface area contributed by atoms with Gasteiger partial charge in [-0.3, -0.25) is 0 Å². The van der Waals surface area contributed by atoms with Crippen LogP contribution >= 0.6 is 0 Å². The van der Waals surface area contributed by atoms with Crippen LogP contribution in [0.25, 0.3) is 128 Å². The molecule has 0 N–H and O–H groups in total. The lowest BCUT2D eigenvalue weighted by molar-refractivity contribution is 1.16. The number of rotatable bonds is 7. The molecule has 0 amide bonds. The third-order valence-corrected chi connectivity index (χ3v) is 14.7. The van der Waals surface area contributed by atoms with E-state index < -0.39 is 0 Å². The molecule has 0 aliphatic rings. The highest BCUT2D eigenvalue weighted by Gasteiger charge is 2.20. The van der Waals surface area contributed by atoms with Crippen molar-refractivity contribution in [1.82, 2.24) is 23.7 Å². The van der Waals surface area contributed by atoms with E-state index in [-0.39, 0.29) is 0 Å². The van der Waals surface area contributed by atoms with Crippen LogP contribution in [0.2, 0.25) is 0 Å². The van der Waals surface area contributed by atoms with Crippen LogP contribution in [0.5, 0.6) is 0 Å². The standard InChI is InChI=1S/C67H47N5/c1-42-22-32-63-55(36-42)53-18-10-12-20-61(53)71(63)50-29-34-65-57(39-50)58-40-51(72-62-21-13-11-19-54(62)56-37-43(2)23-33-64(56)72)30-35-66(58)70(65)49-27-24-45(25-28-49)48-26-31-52(44(3)38-48)60-41-59(46-14-6-4-7-15-46)68-67(69-60)47-16-8-5-9-17-47/h4-41H,1-3H3. The molecule has 0 radical (unpaired) electrons.